The van der Waals surface area contributed by atoms with E-state index in [4.69, 9.17) is 4.74 Å². The van der Waals surface area contributed by atoms with Crippen molar-refractivity contribution < 1.29 is 4.74 Å². The van der Waals surface area contributed by atoms with Crippen molar-refractivity contribution in [2.45, 2.75) is 32.0 Å². The first kappa shape index (κ1) is 43.0. The minimum atomic E-state index is -0.516. The van der Waals surface area contributed by atoms with Crippen LogP contribution in [0.2, 0.25) is 0 Å². The molecule has 0 N–H and O–H groups in total. The first-order valence-corrected chi connectivity index (χ1v) is 28.2. The molecule has 3 spiro atoms. The second-order valence-electron chi connectivity index (χ2n) is 22.1. The third kappa shape index (κ3) is 5.17. The van der Waals surface area contributed by atoms with Crippen LogP contribution in [0.3, 0.4) is 0 Å². The fraction of sp³-hybridized carbons (Fsp3) is 0.0667. The zero-order valence-electron chi connectivity index (χ0n) is 42.4. The molecule has 364 valence electrons. The summed E-state index contributed by atoms with van der Waals surface area (Å²) in [6.07, 6.45) is 9.40. The van der Waals surface area contributed by atoms with Gasteiger partial charge in [-0.2, -0.15) is 0 Å². The Bertz CT molecular complexity index is 4360. The third-order valence-corrected chi connectivity index (χ3v) is 20.0. The van der Waals surface area contributed by atoms with Gasteiger partial charge >= 0.3 is 0 Å². The molecule has 3 heteroatoms. The largest absolute Gasteiger partial charge is 0.457 e. The third-order valence-electron chi connectivity index (χ3n) is 18.9. The smallest absolute Gasteiger partial charge is 0.131 e. The van der Waals surface area contributed by atoms with Crippen molar-refractivity contribution in [2.75, 3.05) is 4.90 Å². The lowest BCUT2D eigenvalue weighted by atomic mass is 9.62. The lowest BCUT2D eigenvalue weighted by Crippen LogP contribution is -2.37. The zero-order chi connectivity index (χ0) is 50.9. The Morgan fingerprint density at radius 2 is 0.731 bits per heavy atom. The van der Waals surface area contributed by atoms with Gasteiger partial charge in [-0.1, -0.05) is 224 Å². The molecular weight excluding hydrogens is 963 g/mol. The molecule has 11 aromatic carbocycles. The van der Waals surface area contributed by atoms with E-state index in [1.807, 2.05) is 11.8 Å². The van der Waals surface area contributed by atoms with E-state index < -0.39 is 16.2 Å². The fourth-order valence-electron chi connectivity index (χ4n) is 16.1. The van der Waals surface area contributed by atoms with Crippen molar-refractivity contribution >= 4 is 28.8 Å². The summed E-state index contributed by atoms with van der Waals surface area (Å²) in [4.78, 5) is 5.19. The molecule has 2 heterocycles. The summed E-state index contributed by atoms with van der Waals surface area (Å²) in [5.41, 5.74) is 25.3. The van der Waals surface area contributed by atoms with Crippen LogP contribution in [0.5, 0.6) is 11.5 Å². The maximum absolute atomic E-state index is 6.85. The molecule has 2 nitrogen and oxygen atoms in total. The summed E-state index contributed by atoms with van der Waals surface area (Å²) >= 11 is 1.89. The minimum Gasteiger partial charge on any atom is -0.457 e. The van der Waals surface area contributed by atoms with Crippen molar-refractivity contribution in [1.29, 1.82) is 0 Å². The first-order valence-electron chi connectivity index (χ1n) is 27.4. The normalized spacial score (nSPS) is 18.0. The fourth-order valence-corrected chi connectivity index (χ4v) is 17.3. The van der Waals surface area contributed by atoms with Crippen molar-refractivity contribution in [3.63, 3.8) is 0 Å². The van der Waals surface area contributed by atoms with Gasteiger partial charge in [0.15, 0.2) is 0 Å². The second-order valence-corrected chi connectivity index (χ2v) is 23.2. The maximum atomic E-state index is 6.85. The van der Waals surface area contributed by atoms with Crippen molar-refractivity contribution in [2.24, 2.45) is 5.92 Å². The SMILES string of the molecule is C1=CC2c3ccc(N(c4ccc5c(c4)-c4ccccc4C54c5ccccc5Sc5ccccc54)c4ccc5c(c4)C4(c6ccccc6-c6ccccc64)c4ccccc4-5)cc3C3(c4ccccc4Oc4ccccc43)C2C=C1. The van der Waals surface area contributed by atoms with Crippen LogP contribution in [0.15, 0.2) is 283 Å². The van der Waals surface area contributed by atoms with Gasteiger partial charge in [-0.05, 0) is 150 Å². The van der Waals surface area contributed by atoms with E-state index in [1.54, 1.807) is 0 Å². The highest BCUT2D eigenvalue weighted by Crippen LogP contribution is 2.68. The van der Waals surface area contributed by atoms with Gasteiger partial charge in [0.2, 0.25) is 0 Å². The Morgan fingerprint density at radius 1 is 0.321 bits per heavy atom. The number of hydrogen-bond acceptors (Lipinski definition) is 3. The zero-order valence-corrected chi connectivity index (χ0v) is 43.2. The molecule has 0 radical (unpaired) electrons. The van der Waals surface area contributed by atoms with Gasteiger partial charge in [0.25, 0.3) is 0 Å². The number of ether oxygens (including phenoxy) is 1. The lowest BCUT2D eigenvalue weighted by molar-refractivity contribution is 0.374. The number of fused-ring (bicyclic) bond motifs is 28. The number of anilines is 3. The Morgan fingerprint density at radius 3 is 1.32 bits per heavy atom. The van der Waals surface area contributed by atoms with Gasteiger partial charge in [-0.15, -0.1) is 0 Å². The van der Waals surface area contributed by atoms with Crippen LogP contribution in [0.25, 0.3) is 33.4 Å². The van der Waals surface area contributed by atoms with Crippen molar-refractivity contribution in [3.8, 4) is 44.9 Å². The van der Waals surface area contributed by atoms with Crippen LogP contribution >= 0.6 is 11.8 Å². The molecule has 0 saturated carbocycles. The predicted molar refractivity (Wildman–Crippen MR) is 316 cm³/mol. The Hall–Kier alpha value is -9.15. The molecule has 18 rings (SSSR count). The second kappa shape index (κ2) is 15.5. The average Bonchev–Trinajstić information content (AvgIpc) is 4.12. The summed E-state index contributed by atoms with van der Waals surface area (Å²) in [6.45, 7) is 0. The lowest BCUT2D eigenvalue weighted by Gasteiger charge is -2.43. The summed E-state index contributed by atoms with van der Waals surface area (Å²) in [5, 5.41) is 0. The summed E-state index contributed by atoms with van der Waals surface area (Å²) in [5.74, 6) is 2.16. The van der Waals surface area contributed by atoms with E-state index in [0.717, 1.165) is 28.6 Å². The molecule has 0 fully saturated rings. The van der Waals surface area contributed by atoms with E-state index in [1.165, 1.54) is 110 Å². The molecule has 0 saturated heterocycles. The average molecular weight is 1010 g/mol. The standard InChI is InChI=1S/C75H47NOS/c1-6-24-57-49(19-1)50-20-2-7-25-58(50)73(57)59-26-8-3-21-51(59)54-40-37-47(44-67(54)73)76(46-39-42-62-56(43-46)53-23-5-10-28-61(53)74(62)65-31-13-17-35-71(65)78-72-36-18-14-32-66(72)74)48-38-41-55-52-22-4-9-27-60(52)75(68(55)45-48)63-29-11-15-33-69(63)77-70-34-16-12-30-64(70)75/h1-45,52,60H. The summed E-state index contributed by atoms with van der Waals surface area (Å²) < 4.78 is 6.85. The highest BCUT2D eigenvalue weighted by atomic mass is 32.2. The molecule has 0 bridgehead atoms. The molecule has 2 atom stereocenters. The number of allylic oxidation sites excluding steroid dienone is 4. The molecule has 7 aliphatic rings. The molecule has 5 aliphatic carbocycles. The predicted octanol–water partition coefficient (Wildman–Crippen LogP) is 18.6. The number of hydrogen-bond donors (Lipinski definition) is 0. The van der Waals surface area contributed by atoms with Crippen LogP contribution in [0.1, 0.15) is 72.7 Å². The van der Waals surface area contributed by atoms with E-state index in [2.05, 4.69) is 278 Å². The number of para-hydroxylation sites is 2. The van der Waals surface area contributed by atoms with Gasteiger partial charge in [-0.3, -0.25) is 0 Å². The van der Waals surface area contributed by atoms with E-state index in [-0.39, 0.29) is 11.8 Å². The van der Waals surface area contributed by atoms with Gasteiger partial charge in [0, 0.05) is 49.8 Å². The molecule has 11 aromatic rings. The van der Waals surface area contributed by atoms with Crippen molar-refractivity contribution in [3.05, 3.63) is 340 Å². The number of rotatable bonds is 3. The molecule has 0 amide bonds. The summed E-state index contributed by atoms with van der Waals surface area (Å²) in [6, 6.07) is 94.6. The van der Waals surface area contributed by atoms with Gasteiger partial charge in [0.1, 0.15) is 11.5 Å². The number of nitrogens with zero attached hydrogens (tertiary/aromatic N) is 1. The molecule has 78 heavy (non-hydrogen) atoms. The van der Waals surface area contributed by atoms with Crippen LogP contribution in [0, 0.1) is 5.92 Å². The first-order chi connectivity index (χ1) is 38.7. The minimum absolute atomic E-state index is 0.139. The summed E-state index contributed by atoms with van der Waals surface area (Å²) in [7, 11) is 0. The monoisotopic (exact) mass is 1010 g/mol. The van der Waals surface area contributed by atoms with Gasteiger partial charge in [-0.25, -0.2) is 0 Å². The van der Waals surface area contributed by atoms with Crippen LogP contribution in [0.4, 0.5) is 17.1 Å². The quantitative estimate of drug-likeness (QED) is 0.175. The van der Waals surface area contributed by atoms with E-state index in [0.29, 0.717) is 0 Å². The molecule has 0 aromatic heterocycles. The van der Waals surface area contributed by atoms with Crippen LogP contribution < -0.4 is 9.64 Å². The van der Waals surface area contributed by atoms with E-state index >= 15 is 0 Å². The Kier molecular flexibility index (Phi) is 8.55. The van der Waals surface area contributed by atoms with E-state index in [9.17, 15) is 0 Å². The highest BCUT2D eigenvalue weighted by molar-refractivity contribution is 7.99. The van der Waals surface area contributed by atoms with Crippen molar-refractivity contribution in [1.82, 2.24) is 0 Å². The Balaban J connectivity index is 0.926. The topological polar surface area (TPSA) is 12.5 Å². The highest BCUT2D eigenvalue weighted by Gasteiger charge is 2.58. The van der Waals surface area contributed by atoms with Gasteiger partial charge in [0.05, 0.1) is 16.2 Å². The van der Waals surface area contributed by atoms with Crippen LogP contribution in [-0.2, 0) is 16.2 Å². The number of benzene rings is 11. The van der Waals surface area contributed by atoms with Gasteiger partial charge < -0.3 is 9.64 Å². The maximum Gasteiger partial charge on any atom is 0.131 e. The molecule has 2 unspecified atom stereocenters. The van der Waals surface area contributed by atoms with Crippen LogP contribution in [-0.4, -0.2) is 0 Å². The molecular formula is C75H47NOS. The molecule has 2 aliphatic heterocycles. The Labute approximate surface area is 458 Å².